The van der Waals surface area contributed by atoms with Crippen LogP contribution >= 0.6 is 12.6 Å². The molecule has 3 nitrogen and oxygen atoms in total. The first-order chi connectivity index (χ1) is 5.81. The highest BCUT2D eigenvalue weighted by Gasteiger charge is 2.05. The lowest BCUT2D eigenvalue weighted by Crippen LogP contribution is -1.75. The third kappa shape index (κ3) is 1.00. The lowest BCUT2D eigenvalue weighted by molar-refractivity contribution is 0.109. The number of hydrogen-bond donors (Lipinski definition) is 1. The van der Waals surface area contributed by atoms with E-state index in [0.29, 0.717) is 22.3 Å². The predicted molar refractivity (Wildman–Crippen MR) is 46.6 cm³/mol. The number of carbonyl (C=O) groups excluding carboxylic acids is 1. The van der Waals surface area contributed by atoms with Crippen LogP contribution in [0.25, 0.3) is 11.1 Å². The van der Waals surface area contributed by atoms with Gasteiger partial charge < -0.3 is 4.42 Å². The lowest BCUT2D eigenvalue weighted by Gasteiger charge is -1.87. The zero-order chi connectivity index (χ0) is 8.55. The molecular formula is C8H5NO2S. The molecule has 2 aromatic rings. The van der Waals surface area contributed by atoms with Gasteiger partial charge in [0, 0.05) is 4.90 Å². The summed E-state index contributed by atoms with van der Waals surface area (Å²) >= 11 is 4.16. The smallest absolute Gasteiger partial charge is 0.260 e. The van der Waals surface area contributed by atoms with Gasteiger partial charge in [-0.2, -0.15) is 0 Å². The Labute approximate surface area is 73.8 Å². The van der Waals surface area contributed by atoms with Gasteiger partial charge in [-0.3, -0.25) is 4.79 Å². The third-order valence-corrected chi connectivity index (χ3v) is 1.88. The normalized spacial score (nSPS) is 10.4. The highest BCUT2D eigenvalue weighted by molar-refractivity contribution is 7.80. The number of thiol groups is 1. The Kier molecular flexibility index (Phi) is 1.62. The van der Waals surface area contributed by atoms with Gasteiger partial charge in [-0.15, -0.1) is 12.6 Å². The van der Waals surface area contributed by atoms with Crippen LogP contribution in [-0.4, -0.2) is 11.3 Å². The first-order valence-corrected chi connectivity index (χ1v) is 3.79. The van der Waals surface area contributed by atoms with Crippen molar-refractivity contribution in [3.8, 4) is 0 Å². The number of aldehydes is 1. The molecule has 12 heavy (non-hydrogen) atoms. The van der Waals surface area contributed by atoms with E-state index in [0.717, 1.165) is 0 Å². The lowest BCUT2D eigenvalue weighted by atomic mass is 10.3. The number of hydrogen-bond acceptors (Lipinski definition) is 4. The molecule has 0 saturated carbocycles. The van der Waals surface area contributed by atoms with Crippen molar-refractivity contribution in [2.24, 2.45) is 0 Å². The minimum Gasteiger partial charge on any atom is -0.434 e. The average molecular weight is 179 g/mol. The molecule has 0 saturated heterocycles. The van der Waals surface area contributed by atoms with E-state index in [-0.39, 0.29) is 5.89 Å². The Morgan fingerprint density at radius 2 is 2.33 bits per heavy atom. The fourth-order valence-electron chi connectivity index (χ4n) is 1.00. The van der Waals surface area contributed by atoms with Gasteiger partial charge in [-0.1, -0.05) is 6.07 Å². The summed E-state index contributed by atoms with van der Waals surface area (Å²) in [7, 11) is 0. The zero-order valence-corrected chi connectivity index (χ0v) is 6.91. The molecular weight excluding hydrogens is 174 g/mol. The molecule has 0 aliphatic heterocycles. The SMILES string of the molecule is O=Cc1nc2c(S)cccc2o1. The van der Waals surface area contributed by atoms with Crippen molar-refractivity contribution in [3.05, 3.63) is 24.1 Å². The summed E-state index contributed by atoms with van der Waals surface area (Å²) < 4.78 is 5.07. The van der Waals surface area contributed by atoms with Crippen molar-refractivity contribution in [2.45, 2.75) is 4.90 Å². The molecule has 0 fully saturated rings. The van der Waals surface area contributed by atoms with E-state index in [1.165, 1.54) is 0 Å². The fourth-order valence-corrected chi connectivity index (χ4v) is 1.25. The van der Waals surface area contributed by atoms with Crippen LogP contribution in [-0.2, 0) is 0 Å². The fraction of sp³-hybridized carbons (Fsp3) is 0. The summed E-state index contributed by atoms with van der Waals surface area (Å²) in [5, 5.41) is 0. The molecule has 4 heteroatoms. The molecule has 0 aliphatic carbocycles. The summed E-state index contributed by atoms with van der Waals surface area (Å²) in [5.41, 5.74) is 1.22. The van der Waals surface area contributed by atoms with Crippen LogP contribution < -0.4 is 0 Å². The molecule has 0 radical (unpaired) electrons. The molecule has 60 valence electrons. The Bertz CT molecular complexity index is 436. The first kappa shape index (κ1) is 7.36. The molecule has 2 rings (SSSR count). The Balaban J connectivity index is 2.82. The minimum absolute atomic E-state index is 0.0894. The molecule has 1 heterocycles. The van der Waals surface area contributed by atoms with E-state index < -0.39 is 0 Å². The highest BCUT2D eigenvalue weighted by atomic mass is 32.1. The topological polar surface area (TPSA) is 43.1 Å². The zero-order valence-electron chi connectivity index (χ0n) is 6.02. The molecule has 0 amide bonds. The number of oxazole rings is 1. The van der Waals surface area contributed by atoms with E-state index >= 15 is 0 Å². The van der Waals surface area contributed by atoms with Gasteiger partial charge in [-0.05, 0) is 12.1 Å². The number of carbonyl (C=O) groups is 1. The average Bonchev–Trinajstić information content (AvgIpc) is 2.49. The van der Waals surface area contributed by atoms with Crippen molar-refractivity contribution in [2.75, 3.05) is 0 Å². The molecule has 0 unspecified atom stereocenters. The Morgan fingerprint density at radius 3 is 3.00 bits per heavy atom. The standard InChI is InChI=1S/C8H5NO2S/c10-4-7-9-8-5(11-7)2-1-3-6(8)12/h1-4,12H. The molecule has 0 aliphatic rings. The van der Waals surface area contributed by atoms with Gasteiger partial charge in [0.05, 0.1) is 0 Å². The maximum Gasteiger partial charge on any atom is 0.260 e. The molecule has 0 bridgehead atoms. The van der Waals surface area contributed by atoms with Crippen LogP contribution in [0.15, 0.2) is 27.5 Å². The van der Waals surface area contributed by atoms with Gasteiger partial charge in [0.25, 0.3) is 5.89 Å². The maximum atomic E-state index is 10.3. The van der Waals surface area contributed by atoms with Gasteiger partial charge in [0.1, 0.15) is 5.52 Å². The van der Waals surface area contributed by atoms with Gasteiger partial charge in [0.15, 0.2) is 5.58 Å². The van der Waals surface area contributed by atoms with E-state index in [1.807, 2.05) is 0 Å². The number of fused-ring (bicyclic) bond motifs is 1. The highest BCUT2D eigenvalue weighted by Crippen LogP contribution is 2.21. The number of aromatic nitrogens is 1. The second-order valence-electron chi connectivity index (χ2n) is 2.29. The number of benzene rings is 1. The maximum absolute atomic E-state index is 10.3. The van der Waals surface area contributed by atoms with E-state index in [4.69, 9.17) is 4.42 Å². The van der Waals surface area contributed by atoms with Crippen LogP contribution in [0.5, 0.6) is 0 Å². The van der Waals surface area contributed by atoms with Crippen molar-refractivity contribution in [1.82, 2.24) is 4.98 Å². The monoisotopic (exact) mass is 179 g/mol. The van der Waals surface area contributed by atoms with Crippen LogP contribution in [0.3, 0.4) is 0 Å². The molecule has 0 atom stereocenters. The summed E-state index contributed by atoms with van der Waals surface area (Å²) in [6.07, 6.45) is 0.577. The Morgan fingerprint density at radius 1 is 1.50 bits per heavy atom. The summed E-state index contributed by atoms with van der Waals surface area (Å²) in [6, 6.07) is 5.34. The van der Waals surface area contributed by atoms with Crippen LogP contribution in [0.4, 0.5) is 0 Å². The van der Waals surface area contributed by atoms with Gasteiger partial charge in [-0.25, -0.2) is 4.98 Å². The number of para-hydroxylation sites is 1. The summed E-state index contributed by atoms with van der Waals surface area (Å²) in [4.78, 5) is 14.9. The molecule has 1 aromatic carbocycles. The summed E-state index contributed by atoms with van der Waals surface area (Å²) in [6.45, 7) is 0. The molecule has 0 spiro atoms. The van der Waals surface area contributed by atoms with Gasteiger partial charge >= 0.3 is 0 Å². The third-order valence-electron chi connectivity index (χ3n) is 1.52. The van der Waals surface area contributed by atoms with Crippen molar-refractivity contribution >= 4 is 30.0 Å². The van der Waals surface area contributed by atoms with E-state index in [9.17, 15) is 4.79 Å². The van der Waals surface area contributed by atoms with Crippen LogP contribution in [0.2, 0.25) is 0 Å². The van der Waals surface area contributed by atoms with Gasteiger partial charge in [0.2, 0.25) is 6.29 Å². The quantitative estimate of drug-likeness (QED) is 0.537. The first-order valence-electron chi connectivity index (χ1n) is 3.35. The molecule has 0 N–H and O–H groups in total. The van der Waals surface area contributed by atoms with Crippen LogP contribution in [0.1, 0.15) is 10.7 Å². The largest absolute Gasteiger partial charge is 0.434 e. The second kappa shape index (κ2) is 2.64. The van der Waals surface area contributed by atoms with Crippen LogP contribution in [0, 0.1) is 0 Å². The number of rotatable bonds is 1. The second-order valence-corrected chi connectivity index (χ2v) is 2.78. The molecule has 1 aromatic heterocycles. The van der Waals surface area contributed by atoms with Crippen molar-refractivity contribution < 1.29 is 9.21 Å². The van der Waals surface area contributed by atoms with E-state index in [1.54, 1.807) is 18.2 Å². The Hall–Kier alpha value is -1.29. The minimum atomic E-state index is 0.0894. The summed E-state index contributed by atoms with van der Waals surface area (Å²) in [5.74, 6) is 0.0894. The predicted octanol–water partition coefficient (Wildman–Crippen LogP) is 1.93. The van der Waals surface area contributed by atoms with Crippen molar-refractivity contribution in [3.63, 3.8) is 0 Å². The van der Waals surface area contributed by atoms with E-state index in [2.05, 4.69) is 17.6 Å². The van der Waals surface area contributed by atoms with Crippen molar-refractivity contribution in [1.29, 1.82) is 0 Å². The number of nitrogens with zero attached hydrogens (tertiary/aromatic N) is 1.